The molecule has 1 heterocycles. The molecule has 0 fully saturated rings. The van der Waals surface area contributed by atoms with E-state index in [1.54, 1.807) is 31.4 Å². The second-order valence-electron chi connectivity index (χ2n) is 4.69. The molecule has 1 aromatic heterocycles. The lowest BCUT2D eigenvalue weighted by atomic mass is 10.0. The van der Waals surface area contributed by atoms with Crippen LogP contribution in [0.5, 0.6) is 11.5 Å². The second-order valence-corrected chi connectivity index (χ2v) is 4.69. The number of halogens is 1. The molecule has 0 N–H and O–H groups in total. The molecule has 0 aliphatic heterocycles. The van der Waals surface area contributed by atoms with Crippen molar-refractivity contribution in [2.24, 2.45) is 0 Å². The number of fused-ring (bicyclic) bond motifs is 1. The standard InChI is InChI=1S/C17H13FO4/c1-20-12-5-3-10(4-6-12)13-9-22-15-8-11(18)7-14(21-2)16(15)17(13)19/h3-9H,1-2H3. The van der Waals surface area contributed by atoms with Gasteiger partial charge >= 0.3 is 0 Å². The highest BCUT2D eigenvalue weighted by atomic mass is 19.1. The van der Waals surface area contributed by atoms with Gasteiger partial charge in [0.2, 0.25) is 5.43 Å². The Bertz CT molecular complexity index is 882. The van der Waals surface area contributed by atoms with Gasteiger partial charge in [-0.05, 0) is 17.7 Å². The van der Waals surface area contributed by atoms with E-state index in [1.165, 1.54) is 13.4 Å². The van der Waals surface area contributed by atoms with Gasteiger partial charge < -0.3 is 13.9 Å². The summed E-state index contributed by atoms with van der Waals surface area (Å²) in [5, 5.41) is 0.220. The van der Waals surface area contributed by atoms with Crippen LogP contribution in [-0.2, 0) is 0 Å². The maximum absolute atomic E-state index is 13.5. The smallest absolute Gasteiger partial charge is 0.204 e. The minimum Gasteiger partial charge on any atom is -0.497 e. The summed E-state index contributed by atoms with van der Waals surface area (Å²) in [5.41, 5.74) is 0.935. The zero-order valence-electron chi connectivity index (χ0n) is 12.1. The van der Waals surface area contributed by atoms with Gasteiger partial charge in [-0.2, -0.15) is 0 Å². The van der Waals surface area contributed by atoms with E-state index < -0.39 is 5.82 Å². The summed E-state index contributed by atoms with van der Waals surface area (Å²) >= 11 is 0. The van der Waals surface area contributed by atoms with E-state index in [9.17, 15) is 9.18 Å². The fourth-order valence-electron chi connectivity index (χ4n) is 2.32. The van der Waals surface area contributed by atoms with Crippen molar-refractivity contribution in [3.63, 3.8) is 0 Å². The average molecular weight is 300 g/mol. The Hall–Kier alpha value is -2.82. The van der Waals surface area contributed by atoms with Gasteiger partial charge in [0.25, 0.3) is 0 Å². The third kappa shape index (κ3) is 2.30. The molecule has 3 rings (SSSR count). The molecule has 4 nitrogen and oxygen atoms in total. The van der Waals surface area contributed by atoms with E-state index in [0.29, 0.717) is 16.9 Å². The van der Waals surface area contributed by atoms with Crippen LogP contribution < -0.4 is 14.9 Å². The molecule has 2 aromatic carbocycles. The maximum Gasteiger partial charge on any atom is 0.204 e. The number of benzene rings is 2. The van der Waals surface area contributed by atoms with E-state index in [0.717, 1.165) is 12.1 Å². The van der Waals surface area contributed by atoms with Crippen LogP contribution in [0.1, 0.15) is 0 Å². The first kappa shape index (κ1) is 14.1. The second kappa shape index (κ2) is 5.52. The minimum absolute atomic E-state index is 0.152. The SMILES string of the molecule is COc1ccc(-c2coc3cc(F)cc(OC)c3c2=O)cc1. The summed E-state index contributed by atoms with van der Waals surface area (Å²) in [7, 11) is 2.95. The van der Waals surface area contributed by atoms with Gasteiger partial charge in [-0.1, -0.05) is 12.1 Å². The van der Waals surface area contributed by atoms with Crippen LogP contribution in [-0.4, -0.2) is 14.2 Å². The minimum atomic E-state index is -0.523. The molecule has 0 bridgehead atoms. The first-order valence-corrected chi connectivity index (χ1v) is 6.57. The quantitative estimate of drug-likeness (QED) is 0.741. The number of rotatable bonds is 3. The maximum atomic E-state index is 13.5. The molecule has 0 atom stereocenters. The summed E-state index contributed by atoms with van der Waals surface area (Å²) in [4.78, 5) is 12.7. The fraction of sp³-hybridized carbons (Fsp3) is 0.118. The molecular formula is C17H13FO4. The highest BCUT2D eigenvalue weighted by molar-refractivity contribution is 5.87. The predicted molar refractivity (Wildman–Crippen MR) is 81.0 cm³/mol. The third-order valence-corrected chi connectivity index (χ3v) is 3.43. The summed E-state index contributed by atoms with van der Waals surface area (Å²) < 4.78 is 29.1. The lowest BCUT2D eigenvalue weighted by molar-refractivity contribution is 0.414. The molecule has 0 aliphatic carbocycles. The van der Waals surface area contributed by atoms with Crippen molar-refractivity contribution >= 4 is 11.0 Å². The molecule has 0 saturated heterocycles. The van der Waals surface area contributed by atoms with Crippen LogP contribution in [0, 0.1) is 5.82 Å². The lowest BCUT2D eigenvalue weighted by Gasteiger charge is -2.07. The first-order valence-electron chi connectivity index (χ1n) is 6.57. The van der Waals surface area contributed by atoms with Gasteiger partial charge in [-0.25, -0.2) is 4.39 Å². The molecule has 22 heavy (non-hydrogen) atoms. The fourth-order valence-corrected chi connectivity index (χ4v) is 2.32. The van der Waals surface area contributed by atoms with Crippen LogP contribution in [0.2, 0.25) is 0 Å². The molecule has 0 saturated carbocycles. The van der Waals surface area contributed by atoms with E-state index >= 15 is 0 Å². The predicted octanol–water partition coefficient (Wildman–Crippen LogP) is 3.62. The topological polar surface area (TPSA) is 48.7 Å². The number of hydrogen-bond acceptors (Lipinski definition) is 4. The molecule has 112 valence electrons. The van der Waals surface area contributed by atoms with E-state index in [4.69, 9.17) is 13.9 Å². The van der Waals surface area contributed by atoms with E-state index in [2.05, 4.69) is 0 Å². The Morgan fingerprint density at radius 1 is 1.05 bits per heavy atom. The number of hydrogen-bond donors (Lipinski definition) is 0. The van der Waals surface area contributed by atoms with Gasteiger partial charge in [-0.15, -0.1) is 0 Å². The van der Waals surface area contributed by atoms with Crippen molar-refractivity contribution in [1.82, 2.24) is 0 Å². The van der Waals surface area contributed by atoms with Gasteiger partial charge in [0, 0.05) is 12.1 Å². The van der Waals surface area contributed by atoms with Crippen LogP contribution >= 0.6 is 0 Å². The number of methoxy groups -OCH3 is 2. The van der Waals surface area contributed by atoms with Crippen molar-refractivity contribution < 1.29 is 18.3 Å². The molecule has 0 spiro atoms. The molecule has 0 amide bonds. The van der Waals surface area contributed by atoms with E-state index in [1.807, 2.05) is 0 Å². The van der Waals surface area contributed by atoms with Crippen LogP contribution in [0.4, 0.5) is 4.39 Å². The van der Waals surface area contributed by atoms with Gasteiger partial charge in [-0.3, -0.25) is 4.79 Å². The lowest BCUT2D eigenvalue weighted by Crippen LogP contribution is -2.06. The summed E-state index contributed by atoms with van der Waals surface area (Å²) in [6.45, 7) is 0. The largest absolute Gasteiger partial charge is 0.497 e. The Morgan fingerprint density at radius 3 is 2.41 bits per heavy atom. The summed E-state index contributed by atoms with van der Waals surface area (Å²) in [6, 6.07) is 9.34. The van der Waals surface area contributed by atoms with E-state index in [-0.39, 0.29) is 22.1 Å². The van der Waals surface area contributed by atoms with Crippen molar-refractivity contribution in [3.05, 3.63) is 58.7 Å². The van der Waals surface area contributed by atoms with Gasteiger partial charge in [0.1, 0.15) is 34.5 Å². The van der Waals surface area contributed by atoms with Crippen molar-refractivity contribution in [3.8, 4) is 22.6 Å². The van der Waals surface area contributed by atoms with Crippen molar-refractivity contribution in [2.75, 3.05) is 14.2 Å². The molecule has 3 aromatic rings. The Morgan fingerprint density at radius 2 is 1.77 bits per heavy atom. The Balaban J connectivity index is 2.25. The Labute approximate surface area is 125 Å². The molecule has 0 unspecified atom stereocenters. The van der Waals surface area contributed by atoms with Crippen LogP contribution in [0.15, 0.2) is 51.9 Å². The summed E-state index contributed by atoms with van der Waals surface area (Å²) in [6.07, 6.45) is 1.32. The van der Waals surface area contributed by atoms with Crippen LogP contribution in [0.3, 0.4) is 0 Å². The van der Waals surface area contributed by atoms with Gasteiger partial charge in [0.15, 0.2) is 0 Å². The molecular weight excluding hydrogens is 287 g/mol. The molecule has 5 heteroatoms. The zero-order chi connectivity index (χ0) is 15.7. The highest BCUT2D eigenvalue weighted by Gasteiger charge is 2.15. The third-order valence-electron chi connectivity index (χ3n) is 3.43. The number of ether oxygens (including phenoxy) is 2. The highest BCUT2D eigenvalue weighted by Crippen LogP contribution is 2.28. The van der Waals surface area contributed by atoms with Crippen molar-refractivity contribution in [1.29, 1.82) is 0 Å². The average Bonchev–Trinajstić information content (AvgIpc) is 2.54. The molecule has 0 aliphatic rings. The monoisotopic (exact) mass is 300 g/mol. The normalized spacial score (nSPS) is 10.7. The van der Waals surface area contributed by atoms with Crippen molar-refractivity contribution in [2.45, 2.75) is 0 Å². The zero-order valence-corrected chi connectivity index (χ0v) is 12.1. The molecule has 0 radical (unpaired) electrons. The van der Waals surface area contributed by atoms with Gasteiger partial charge in [0.05, 0.1) is 19.8 Å². The Kier molecular flexibility index (Phi) is 3.55. The van der Waals surface area contributed by atoms with Crippen LogP contribution in [0.25, 0.3) is 22.1 Å². The first-order chi connectivity index (χ1) is 10.6. The summed E-state index contributed by atoms with van der Waals surface area (Å²) in [5.74, 6) is 0.317.